The van der Waals surface area contributed by atoms with Crippen molar-refractivity contribution in [1.29, 1.82) is 0 Å². The Labute approximate surface area is 134 Å². The fourth-order valence-corrected chi connectivity index (χ4v) is 3.91. The van der Waals surface area contributed by atoms with Crippen LogP contribution in [-0.4, -0.2) is 34.5 Å². The zero-order valence-corrected chi connectivity index (χ0v) is 14.8. The summed E-state index contributed by atoms with van der Waals surface area (Å²) in [6.45, 7) is 13.5. The maximum atomic E-state index is 3.61. The summed E-state index contributed by atoms with van der Waals surface area (Å²) in [7, 11) is 0. The van der Waals surface area contributed by atoms with E-state index in [1.54, 1.807) is 0 Å². The molecule has 1 aliphatic rings. The monoisotopic (exact) mass is 306 g/mol. The molecule has 1 N–H and O–H groups in total. The predicted octanol–water partition coefficient (Wildman–Crippen LogP) is 3.90. The summed E-state index contributed by atoms with van der Waals surface area (Å²) in [6, 6.07) is 8.89. The molecule has 0 aromatic heterocycles. The van der Waals surface area contributed by atoms with Gasteiger partial charge in [0.05, 0.1) is 0 Å². The Balaban J connectivity index is 1.99. The van der Waals surface area contributed by atoms with Crippen molar-refractivity contribution in [3.63, 3.8) is 0 Å². The first-order chi connectivity index (χ1) is 9.98. The molecule has 0 radical (unpaired) electrons. The lowest BCUT2D eigenvalue weighted by Crippen LogP contribution is -2.38. The summed E-state index contributed by atoms with van der Waals surface area (Å²) in [5.41, 5.74) is 3.09. The molecule has 1 aromatic rings. The third kappa shape index (κ3) is 5.65. The third-order valence-electron chi connectivity index (χ3n) is 4.00. The van der Waals surface area contributed by atoms with Crippen molar-refractivity contribution in [3.8, 4) is 0 Å². The van der Waals surface area contributed by atoms with Crippen molar-refractivity contribution in [1.82, 2.24) is 10.2 Å². The first-order valence-electron chi connectivity index (χ1n) is 8.13. The predicted molar refractivity (Wildman–Crippen MR) is 94.8 cm³/mol. The van der Waals surface area contributed by atoms with Gasteiger partial charge >= 0.3 is 0 Å². The number of nitrogens with zero attached hydrogens (tertiary/aromatic N) is 1. The average Bonchev–Trinajstić information content (AvgIpc) is 2.46. The second-order valence-electron chi connectivity index (χ2n) is 7.01. The molecule has 1 saturated heterocycles. The van der Waals surface area contributed by atoms with Crippen LogP contribution >= 0.6 is 11.8 Å². The minimum Gasteiger partial charge on any atom is -0.308 e. The van der Waals surface area contributed by atoms with Crippen LogP contribution in [0.25, 0.3) is 0 Å². The van der Waals surface area contributed by atoms with E-state index < -0.39 is 0 Å². The molecule has 1 unspecified atom stereocenters. The number of nitrogens with one attached hydrogen (secondary N) is 1. The molecule has 0 aliphatic carbocycles. The lowest BCUT2D eigenvalue weighted by molar-refractivity contribution is 0.272. The van der Waals surface area contributed by atoms with Crippen molar-refractivity contribution >= 4 is 11.8 Å². The van der Waals surface area contributed by atoms with Gasteiger partial charge in [-0.05, 0) is 38.3 Å². The first kappa shape index (κ1) is 16.9. The van der Waals surface area contributed by atoms with Gasteiger partial charge in [0.25, 0.3) is 0 Å². The normalized spacial score (nSPS) is 20.7. The van der Waals surface area contributed by atoms with Gasteiger partial charge in [-0.25, -0.2) is 0 Å². The number of benzene rings is 1. The van der Waals surface area contributed by atoms with Crippen molar-refractivity contribution < 1.29 is 0 Å². The fourth-order valence-electron chi connectivity index (χ4n) is 2.66. The Morgan fingerprint density at radius 2 is 1.95 bits per heavy atom. The smallest absolute Gasteiger partial charge is 0.0237 e. The summed E-state index contributed by atoms with van der Waals surface area (Å²) in [5, 5.41) is 4.43. The van der Waals surface area contributed by atoms with Gasteiger partial charge in [-0.1, -0.05) is 31.2 Å². The van der Waals surface area contributed by atoms with Crippen LogP contribution in [0, 0.1) is 0 Å². The highest BCUT2D eigenvalue weighted by Crippen LogP contribution is 2.23. The highest BCUT2D eigenvalue weighted by molar-refractivity contribution is 8.00. The van der Waals surface area contributed by atoms with E-state index in [1.165, 1.54) is 36.4 Å². The third-order valence-corrected chi connectivity index (χ3v) is 5.37. The number of rotatable bonds is 5. The van der Waals surface area contributed by atoms with Gasteiger partial charge in [0.15, 0.2) is 0 Å². The minimum atomic E-state index is 0.169. The maximum Gasteiger partial charge on any atom is 0.0237 e. The Bertz CT molecular complexity index is 439. The zero-order chi connectivity index (χ0) is 15.3. The van der Waals surface area contributed by atoms with Crippen LogP contribution in [0.1, 0.15) is 45.2 Å². The zero-order valence-electron chi connectivity index (χ0n) is 14.0. The molecule has 1 atom stereocenters. The molecule has 2 rings (SSSR count). The molecule has 1 aromatic carbocycles. The van der Waals surface area contributed by atoms with Crippen molar-refractivity contribution in [2.45, 2.75) is 58.0 Å². The van der Waals surface area contributed by atoms with Gasteiger partial charge < -0.3 is 5.32 Å². The number of hydrogen-bond acceptors (Lipinski definition) is 3. The first-order valence-corrected chi connectivity index (χ1v) is 9.18. The Morgan fingerprint density at radius 3 is 2.62 bits per heavy atom. The van der Waals surface area contributed by atoms with Crippen LogP contribution in [0.5, 0.6) is 0 Å². The van der Waals surface area contributed by atoms with Crippen molar-refractivity contribution in [2.75, 3.05) is 18.8 Å². The highest BCUT2D eigenvalue weighted by Gasteiger charge is 2.19. The van der Waals surface area contributed by atoms with Gasteiger partial charge in [0, 0.05) is 42.7 Å². The second kappa shape index (κ2) is 7.66. The molecule has 1 heterocycles. The Morgan fingerprint density at radius 1 is 1.24 bits per heavy atom. The summed E-state index contributed by atoms with van der Waals surface area (Å²) in [4.78, 5) is 2.63. The molecule has 3 heteroatoms. The molecular formula is C18H30N2S. The van der Waals surface area contributed by atoms with E-state index in [0.717, 1.165) is 18.3 Å². The Hall–Kier alpha value is -0.510. The van der Waals surface area contributed by atoms with E-state index in [1.807, 2.05) is 0 Å². The second-order valence-corrected chi connectivity index (χ2v) is 8.42. The summed E-state index contributed by atoms with van der Waals surface area (Å²) in [5.74, 6) is 1.28. The molecule has 0 amide bonds. The van der Waals surface area contributed by atoms with Crippen LogP contribution in [0.2, 0.25) is 0 Å². The topological polar surface area (TPSA) is 15.3 Å². The van der Waals surface area contributed by atoms with Gasteiger partial charge in [0.1, 0.15) is 0 Å². The molecule has 1 fully saturated rings. The van der Waals surface area contributed by atoms with E-state index in [2.05, 4.69) is 73.9 Å². The van der Waals surface area contributed by atoms with Gasteiger partial charge in [-0.15, -0.1) is 0 Å². The SMILES string of the molecule is CCC1CN(Cc2ccccc2CNC(C)(C)C)CCS1. The lowest BCUT2D eigenvalue weighted by Gasteiger charge is -2.32. The molecule has 0 saturated carbocycles. The standard InChI is InChI=1S/C18H30N2S/c1-5-17-14-20(10-11-21-17)13-16-9-7-6-8-15(16)12-19-18(2,3)4/h6-9,17,19H,5,10-14H2,1-4H3. The van der Waals surface area contributed by atoms with E-state index in [-0.39, 0.29) is 5.54 Å². The maximum absolute atomic E-state index is 3.61. The number of hydrogen-bond donors (Lipinski definition) is 1. The van der Waals surface area contributed by atoms with Crippen LogP contribution in [-0.2, 0) is 13.1 Å². The van der Waals surface area contributed by atoms with Crippen LogP contribution < -0.4 is 5.32 Å². The minimum absolute atomic E-state index is 0.169. The number of thioether (sulfide) groups is 1. The van der Waals surface area contributed by atoms with Crippen molar-refractivity contribution in [2.24, 2.45) is 0 Å². The highest BCUT2D eigenvalue weighted by atomic mass is 32.2. The molecular weight excluding hydrogens is 276 g/mol. The largest absolute Gasteiger partial charge is 0.308 e. The van der Waals surface area contributed by atoms with E-state index >= 15 is 0 Å². The summed E-state index contributed by atoms with van der Waals surface area (Å²) in [6.07, 6.45) is 1.29. The Kier molecular flexibility index (Phi) is 6.15. The van der Waals surface area contributed by atoms with E-state index in [9.17, 15) is 0 Å². The lowest BCUT2D eigenvalue weighted by atomic mass is 10.0. The van der Waals surface area contributed by atoms with E-state index in [0.29, 0.717) is 0 Å². The average molecular weight is 307 g/mol. The molecule has 21 heavy (non-hydrogen) atoms. The molecule has 118 valence electrons. The molecule has 0 spiro atoms. The van der Waals surface area contributed by atoms with Crippen molar-refractivity contribution in [3.05, 3.63) is 35.4 Å². The molecule has 0 bridgehead atoms. The van der Waals surface area contributed by atoms with Crippen LogP contribution in [0.15, 0.2) is 24.3 Å². The fraction of sp³-hybridized carbons (Fsp3) is 0.667. The van der Waals surface area contributed by atoms with Gasteiger partial charge in [-0.2, -0.15) is 11.8 Å². The van der Waals surface area contributed by atoms with Gasteiger partial charge in [0.2, 0.25) is 0 Å². The summed E-state index contributed by atoms with van der Waals surface area (Å²) >= 11 is 2.14. The quantitative estimate of drug-likeness (QED) is 0.888. The van der Waals surface area contributed by atoms with Gasteiger partial charge in [-0.3, -0.25) is 4.90 Å². The molecule has 1 aliphatic heterocycles. The molecule has 2 nitrogen and oxygen atoms in total. The van der Waals surface area contributed by atoms with Crippen LogP contribution in [0.3, 0.4) is 0 Å². The van der Waals surface area contributed by atoms with E-state index in [4.69, 9.17) is 0 Å². The summed E-state index contributed by atoms with van der Waals surface area (Å²) < 4.78 is 0. The van der Waals surface area contributed by atoms with Crippen LogP contribution in [0.4, 0.5) is 0 Å².